The Kier molecular flexibility index (Phi) is 7.85. The van der Waals surface area contributed by atoms with Crippen LogP contribution in [-0.2, 0) is 34.6 Å². The van der Waals surface area contributed by atoms with Crippen LogP contribution in [0.25, 0.3) is 0 Å². The minimum atomic E-state index is -4.19. The summed E-state index contributed by atoms with van der Waals surface area (Å²) in [5.41, 5.74) is -0.666. The fraction of sp³-hybridized carbons (Fsp3) is 0.526. The summed E-state index contributed by atoms with van der Waals surface area (Å²) < 4.78 is 39.8. The van der Waals surface area contributed by atoms with Gasteiger partial charge in [-0.15, -0.1) is 5.10 Å². The van der Waals surface area contributed by atoms with Crippen molar-refractivity contribution in [1.82, 2.24) is 24.9 Å². The third-order valence-corrected chi connectivity index (χ3v) is 5.61. The number of aromatic nitrogens is 4. The van der Waals surface area contributed by atoms with Crippen molar-refractivity contribution in [2.24, 2.45) is 0 Å². The van der Waals surface area contributed by atoms with Crippen LogP contribution < -0.4 is 4.72 Å². The number of sulfonamides is 1. The summed E-state index contributed by atoms with van der Waals surface area (Å²) in [5, 5.41) is 11.4. The molecule has 170 valence electrons. The van der Waals surface area contributed by atoms with E-state index in [0.29, 0.717) is 0 Å². The van der Waals surface area contributed by atoms with E-state index in [9.17, 15) is 18.0 Å². The number of tetrazole rings is 1. The van der Waals surface area contributed by atoms with Crippen molar-refractivity contribution in [2.75, 3.05) is 13.2 Å². The van der Waals surface area contributed by atoms with Gasteiger partial charge in [-0.25, -0.2) is 13.1 Å². The third-order valence-electron chi connectivity index (χ3n) is 4.16. The van der Waals surface area contributed by atoms with Crippen LogP contribution in [0.1, 0.15) is 46.4 Å². The van der Waals surface area contributed by atoms with Gasteiger partial charge >= 0.3 is 11.9 Å². The Balaban J connectivity index is 2.62. The largest absolute Gasteiger partial charge is 0.465 e. The SMILES string of the molecule is CCOC(=O)C(NS(=O)(=O)c1ccccc1)C(C(=O)OCC)c1nnnn1C(C)(C)C. The first-order chi connectivity index (χ1) is 14.5. The van der Waals surface area contributed by atoms with Gasteiger partial charge in [0.2, 0.25) is 10.0 Å². The number of ether oxygens (including phenoxy) is 2. The van der Waals surface area contributed by atoms with E-state index >= 15 is 0 Å². The molecule has 31 heavy (non-hydrogen) atoms. The fourth-order valence-electron chi connectivity index (χ4n) is 2.81. The first-order valence-electron chi connectivity index (χ1n) is 9.72. The van der Waals surface area contributed by atoms with E-state index in [1.54, 1.807) is 40.7 Å². The molecule has 1 N–H and O–H groups in total. The van der Waals surface area contributed by atoms with E-state index in [-0.39, 0.29) is 23.9 Å². The summed E-state index contributed by atoms with van der Waals surface area (Å²) in [6.45, 7) is 8.53. The highest BCUT2D eigenvalue weighted by Gasteiger charge is 2.44. The molecule has 1 heterocycles. The monoisotopic (exact) mass is 453 g/mol. The smallest absolute Gasteiger partial charge is 0.325 e. The molecule has 0 aliphatic heterocycles. The van der Waals surface area contributed by atoms with Crippen LogP contribution in [-0.4, -0.2) is 59.8 Å². The molecule has 0 aliphatic rings. The first kappa shape index (κ1) is 24.4. The quantitative estimate of drug-likeness (QED) is 0.550. The second-order valence-corrected chi connectivity index (χ2v) is 9.23. The number of hydrogen-bond donors (Lipinski definition) is 1. The second kappa shape index (κ2) is 9.96. The highest BCUT2D eigenvalue weighted by atomic mass is 32.2. The summed E-state index contributed by atoms with van der Waals surface area (Å²) in [4.78, 5) is 25.7. The molecule has 0 spiro atoms. The van der Waals surface area contributed by atoms with Crippen LogP contribution in [0.5, 0.6) is 0 Å². The molecular weight excluding hydrogens is 426 g/mol. The normalized spacial score (nSPS) is 14.0. The lowest BCUT2D eigenvalue weighted by atomic mass is 9.98. The van der Waals surface area contributed by atoms with E-state index in [0.717, 1.165) is 0 Å². The zero-order valence-electron chi connectivity index (χ0n) is 18.1. The predicted octanol–water partition coefficient (Wildman–Crippen LogP) is 0.985. The number of nitrogens with one attached hydrogen (secondary N) is 1. The zero-order chi connectivity index (χ0) is 23.2. The maximum absolute atomic E-state index is 13.0. The average Bonchev–Trinajstić information content (AvgIpc) is 3.18. The summed E-state index contributed by atoms with van der Waals surface area (Å²) >= 11 is 0. The van der Waals surface area contributed by atoms with E-state index in [1.165, 1.54) is 28.9 Å². The fourth-order valence-corrected chi connectivity index (χ4v) is 4.03. The Labute approximate surface area is 181 Å². The Bertz CT molecular complexity index is 1000. The lowest BCUT2D eigenvalue weighted by Gasteiger charge is -2.27. The van der Waals surface area contributed by atoms with Gasteiger partial charge < -0.3 is 9.47 Å². The van der Waals surface area contributed by atoms with Gasteiger partial charge in [-0.2, -0.15) is 4.72 Å². The van der Waals surface area contributed by atoms with Crippen molar-refractivity contribution in [3.8, 4) is 0 Å². The molecule has 11 nitrogen and oxygen atoms in total. The van der Waals surface area contributed by atoms with Crippen molar-refractivity contribution in [3.63, 3.8) is 0 Å². The summed E-state index contributed by atoms with van der Waals surface area (Å²) in [6, 6.07) is 5.80. The Morgan fingerprint density at radius 1 is 1.06 bits per heavy atom. The van der Waals surface area contributed by atoms with Crippen molar-refractivity contribution in [2.45, 2.75) is 57.0 Å². The standard InChI is InChI=1S/C19H27N5O6S/c1-6-29-17(25)14(16-20-22-23-24(16)19(3,4)5)15(18(26)30-7-2)21-31(27,28)13-11-9-8-10-12-13/h8-12,14-15,21H,6-7H2,1-5H3. The molecule has 0 saturated carbocycles. The van der Waals surface area contributed by atoms with Crippen molar-refractivity contribution in [3.05, 3.63) is 36.2 Å². The topological polar surface area (TPSA) is 142 Å². The average molecular weight is 454 g/mol. The third kappa shape index (κ3) is 5.85. The lowest BCUT2D eigenvalue weighted by molar-refractivity contribution is -0.154. The van der Waals surface area contributed by atoms with Crippen molar-refractivity contribution in [1.29, 1.82) is 0 Å². The molecule has 12 heteroatoms. The Morgan fingerprint density at radius 2 is 1.65 bits per heavy atom. The number of benzene rings is 1. The highest BCUT2D eigenvalue weighted by molar-refractivity contribution is 7.89. The van der Waals surface area contributed by atoms with Crippen LogP contribution in [0.2, 0.25) is 0 Å². The number of esters is 2. The van der Waals surface area contributed by atoms with Gasteiger partial charge in [-0.1, -0.05) is 18.2 Å². The molecule has 1 aromatic carbocycles. The van der Waals surface area contributed by atoms with Crippen LogP contribution in [0.3, 0.4) is 0 Å². The predicted molar refractivity (Wildman–Crippen MR) is 109 cm³/mol. The maximum atomic E-state index is 13.0. The van der Waals surface area contributed by atoms with Crippen LogP contribution >= 0.6 is 0 Å². The molecule has 2 aromatic rings. The highest BCUT2D eigenvalue weighted by Crippen LogP contribution is 2.26. The number of rotatable bonds is 9. The van der Waals surface area contributed by atoms with Gasteiger partial charge in [-0.3, -0.25) is 9.59 Å². The molecule has 2 atom stereocenters. The number of carbonyl (C=O) groups excluding carboxylic acids is 2. The van der Waals surface area contributed by atoms with E-state index < -0.39 is 39.5 Å². The van der Waals surface area contributed by atoms with E-state index in [4.69, 9.17) is 9.47 Å². The number of hydrogen-bond acceptors (Lipinski definition) is 9. The van der Waals surface area contributed by atoms with Crippen LogP contribution in [0.4, 0.5) is 0 Å². The lowest BCUT2D eigenvalue weighted by Crippen LogP contribution is -2.49. The molecule has 2 unspecified atom stereocenters. The summed E-state index contributed by atoms with van der Waals surface area (Å²) in [7, 11) is -4.19. The second-order valence-electron chi connectivity index (χ2n) is 7.51. The Morgan fingerprint density at radius 3 is 2.19 bits per heavy atom. The molecule has 0 saturated heterocycles. The zero-order valence-corrected chi connectivity index (χ0v) is 18.9. The minimum absolute atomic E-state index is 0.00734. The molecule has 0 radical (unpaired) electrons. The van der Waals surface area contributed by atoms with Gasteiger partial charge in [0, 0.05) is 0 Å². The van der Waals surface area contributed by atoms with Gasteiger partial charge in [-0.05, 0) is 57.2 Å². The molecule has 0 amide bonds. The van der Waals surface area contributed by atoms with Crippen LogP contribution in [0.15, 0.2) is 35.2 Å². The van der Waals surface area contributed by atoms with E-state index in [2.05, 4.69) is 20.2 Å². The minimum Gasteiger partial charge on any atom is -0.465 e. The molecule has 1 aromatic heterocycles. The Hall–Kier alpha value is -2.86. The van der Waals surface area contributed by atoms with Crippen molar-refractivity contribution >= 4 is 22.0 Å². The maximum Gasteiger partial charge on any atom is 0.325 e. The van der Waals surface area contributed by atoms with Gasteiger partial charge in [0.1, 0.15) is 12.0 Å². The summed E-state index contributed by atoms with van der Waals surface area (Å²) in [5.74, 6) is -3.33. The molecule has 0 bridgehead atoms. The van der Waals surface area contributed by atoms with Crippen molar-refractivity contribution < 1.29 is 27.5 Å². The molecule has 0 fully saturated rings. The molecule has 0 aliphatic carbocycles. The van der Waals surface area contributed by atoms with Gasteiger partial charge in [0.05, 0.1) is 23.6 Å². The van der Waals surface area contributed by atoms with E-state index in [1.807, 2.05) is 0 Å². The number of nitrogens with zero attached hydrogens (tertiary/aromatic N) is 4. The number of carbonyl (C=O) groups is 2. The summed E-state index contributed by atoms with van der Waals surface area (Å²) in [6.07, 6.45) is 0. The molecule has 2 rings (SSSR count). The molecular formula is C19H27N5O6S. The van der Waals surface area contributed by atoms with Crippen LogP contribution in [0, 0.1) is 0 Å². The first-order valence-corrected chi connectivity index (χ1v) is 11.2. The van der Waals surface area contributed by atoms with Gasteiger partial charge in [0.15, 0.2) is 5.82 Å². The van der Waals surface area contributed by atoms with Gasteiger partial charge in [0.25, 0.3) is 0 Å².